The third-order valence-corrected chi connectivity index (χ3v) is 3.06. The third kappa shape index (κ3) is 2.84. The molecule has 0 saturated carbocycles. The molecule has 2 aromatic rings. The number of fused-ring (bicyclic) bond motifs is 1. The van der Waals surface area contributed by atoms with Gasteiger partial charge in [-0.05, 0) is 12.1 Å². The van der Waals surface area contributed by atoms with Crippen molar-refractivity contribution in [3.8, 4) is 23.1 Å². The zero-order chi connectivity index (χ0) is 14.8. The molecule has 2 heterocycles. The largest absolute Gasteiger partial charge is 0.454 e. The summed E-state index contributed by atoms with van der Waals surface area (Å²) >= 11 is 0. The fourth-order valence-electron chi connectivity index (χ4n) is 1.94. The topological polar surface area (TPSA) is 65.5 Å². The first-order chi connectivity index (χ1) is 10.2. The van der Waals surface area contributed by atoms with Crippen molar-refractivity contribution in [2.75, 3.05) is 19.2 Å². The molecule has 0 spiro atoms. The first kappa shape index (κ1) is 13.5. The highest BCUT2D eigenvalue weighted by atomic mass is 16.7. The van der Waals surface area contributed by atoms with E-state index in [9.17, 15) is 0 Å². The molecule has 1 aromatic carbocycles. The van der Waals surface area contributed by atoms with Gasteiger partial charge in [-0.15, -0.1) is 0 Å². The van der Waals surface area contributed by atoms with Crippen LogP contribution in [0.1, 0.15) is 25.6 Å². The molecule has 0 bridgehead atoms. The summed E-state index contributed by atoms with van der Waals surface area (Å²) in [6.07, 6.45) is 0. The molecule has 1 N–H and O–H groups in total. The van der Waals surface area contributed by atoms with E-state index in [0.717, 1.165) is 17.4 Å². The van der Waals surface area contributed by atoms with E-state index in [1.165, 1.54) is 0 Å². The molecular weight excluding hydrogens is 270 g/mol. The van der Waals surface area contributed by atoms with E-state index in [1.54, 1.807) is 12.1 Å². The second-order valence-electron chi connectivity index (χ2n) is 4.97. The highest BCUT2D eigenvalue weighted by molar-refractivity contribution is 5.48. The van der Waals surface area contributed by atoms with Crippen molar-refractivity contribution in [1.82, 2.24) is 9.97 Å². The van der Waals surface area contributed by atoms with Gasteiger partial charge in [0.05, 0.1) is 0 Å². The fraction of sp³-hybridized carbons (Fsp3) is 0.333. The maximum Gasteiger partial charge on any atom is 0.231 e. The van der Waals surface area contributed by atoms with Crippen molar-refractivity contribution >= 4 is 5.82 Å². The molecule has 6 heteroatoms. The Morgan fingerprint density at radius 2 is 1.95 bits per heavy atom. The van der Waals surface area contributed by atoms with E-state index in [-0.39, 0.29) is 12.7 Å². The monoisotopic (exact) mass is 287 g/mol. The highest BCUT2D eigenvalue weighted by Gasteiger charge is 2.15. The molecule has 0 radical (unpaired) electrons. The van der Waals surface area contributed by atoms with Gasteiger partial charge in [-0.1, -0.05) is 13.8 Å². The van der Waals surface area contributed by atoms with Crippen molar-refractivity contribution in [2.24, 2.45) is 0 Å². The van der Waals surface area contributed by atoms with Crippen molar-refractivity contribution in [1.29, 1.82) is 0 Å². The maximum atomic E-state index is 5.81. The minimum atomic E-state index is 0.220. The zero-order valence-corrected chi connectivity index (χ0v) is 12.2. The normalized spacial score (nSPS) is 12.6. The zero-order valence-electron chi connectivity index (χ0n) is 12.2. The minimum absolute atomic E-state index is 0.220. The van der Waals surface area contributed by atoms with Crippen LogP contribution in [-0.2, 0) is 0 Å². The molecular formula is C15H17N3O3. The molecule has 6 nitrogen and oxygen atoms in total. The number of aromatic nitrogens is 2. The van der Waals surface area contributed by atoms with Crippen molar-refractivity contribution in [2.45, 2.75) is 19.8 Å². The number of nitrogens with one attached hydrogen (secondary N) is 1. The van der Waals surface area contributed by atoms with Crippen LogP contribution in [0.5, 0.6) is 23.1 Å². The standard InChI is InChI=1S/C15H17N3O3/c1-9(2)15-17-13(16-3)7-14(18-15)21-10-4-5-11-12(6-10)20-8-19-11/h4-7,9H,8H2,1-3H3,(H,16,17,18). The van der Waals surface area contributed by atoms with Crippen LogP contribution >= 0.6 is 0 Å². The summed E-state index contributed by atoms with van der Waals surface area (Å²) in [5.41, 5.74) is 0. The smallest absolute Gasteiger partial charge is 0.231 e. The van der Waals surface area contributed by atoms with Gasteiger partial charge in [0.15, 0.2) is 11.5 Å². The van der Waals surface area contributed by atoms with Gasteiger partial charge in [0, 0.05) is 25.1 Å². The van der Waals surface area contributed by atoms with Gasteiger partial charge >= 0.3 is 0 Å². The van der Waals surface area contributed by atoms with Gasteiger partial charge in [0.2, 0.25) is 12.7 Å². The molecule has 0 fully saturated rings. The lowest BCUT2D eigenvalue weighted by Gasteiger charge is -2.11. The first-order valence-electron chi connectivity index (χ1n) is 6.80. The number of nitrogens with zero attached hydrogens (tertiary/aromatic N) is 2. The van der Waals surface area contributed by atoms with E-state index in [2.05, 4.69) is 15.3 Å². The lowest BCUT2D eigenvalue weighted by atomic mass is 10.2. The van der Waals surface area contributed by atoms with Gasteiger partial charge in [0.1, 0.15) is 17.4 Å². The second-order valence-corrected chi connectivity index (χ2v) is 4.97. The molecule has 0 saturated heterocycles. The van der Waals surface area contributed by atoms with E-state index in [4.69, 9.17) is 14.2 Å². The molecule has 21 heavy (non-hydrogen) atoms. The summed E-state index contributed by atoms with van der Waals surface area (Å²) in [5, 5.41) is 3.01. The second kappa shape index (κ2) is 5.47. The molecule has 1 aliphatic rings. The summed E-state index contributed by atoms with van der Waals surface area (Å²) in [5.74, 6) is 4.23. The maximum absolute atomic E-state index is 5.81. The Morgan fingerprint density at radius 3 is 2.71 bits per heavy atom. The third-order valence-electron chi connectivity index (χ3n) is 3.06. The van der Waals surface area contributed by atoms with Crippen LogP contribution in [0.3, 0.4) is 0 Å². The Bertz CT molecular complexity index is 659. The summed E-state index contributed by atoms with van der Waals surface area (Å²) in [6.45, 7) is 4.33. The van der Waals surface area contributed by atoms with E-state index >= 15 is 0 Å². The van der Waals surface area contributed by atoms with Crippen molar-refractivity contribution < 1.29 is 14.2 Å². The molecule has 0 atom stereocenters. The minimum Gasteiger partial charge on any atom is -0.454 e. The van der Waals surface area contributed by atoms with E-state index < -0.39 is 0 Å². The summed E-state index contributed by atoms with van der Waals surface area (Å²) < 4.78 is 16.4. The molecule has 0 amide bonds. The Kier molecular flexibility index (Phi) is 3.51. The van der Waals surface area contributed by atoms with Crippen molar-refractivity contribution in [3.05, 3.63) is 30.1 Å². The van der Waals surface area contributed by atoms with Gasteiger partial charge in [-0.2, -0.15) is 4.98 Å². The lowest BCUT2D eigenvalue weighted by molar-refractivity contribution is 0.174. The van der Waals surface area contributed by atoms with Crippen LogP contribution in [0.4, 0.5) is 5.82 Å². The average molecular weight is 287 g/mol. The number of rotatable bonds is 4. The number of ether oxygens (including phenoxy) is 3. The summed E-state index contributed by atoms with van der Waals surface area (Å²) in [4.78, 5) is 8.83. The Morgan fingerprint density at radius 1 is 1.14 bits per heavy atom. The van der Waals surface area contributed by atoms with Crippen LogP contribution in [0, 0.1) is 0 Å². The van der Waals surface area contributed by atoms with Crippen LogP contribution in [0.15, 0.2) is 24.3 Å². The first-order valence-corrected chi connectivity index (χ1v) is 6.80. The summed E-state index contributed by atoms with van der Waals surface area (Å²) in [7, 11) is 1.82. The molecule has 0 aliphatic carbocycles. The number of hydrogen-bond acceptors (Lipinski definition) is 6. The van der Waals surface area contributed by atoms with Gasteiger partial charge < -0.3 is 19.5 Å². The van der Waals surface area contributed by atoms with Crippen LogP contribution in [0.25, 0.3) is 0 Å². The molecule has 110 valence electrons. The summed E-state index contributed by atoms with van der Waals surface area (Å²) in [6, 6.07) is 7.19. The van der Waals surface area contributed by atoms with Crippen LogP contribution in [-0.4, -0.2) is 23.8 Å². The predicted molar refractivity (Wildman–Crippen MR) is 78.3 cm³/mol. The Balaban J connectivity index is 1.88. The number of anilines is 1. The SMILES string of the molecule is CNc1cc(Oc2ccc3c(c2)OCO3)nc(C(C)C)n1. The van der Waals surface area contributed by atoms with Gasteiger partial charge in [-0.25, -0.2) is 4.98 Å². The number of benzene rings is 1. The van der Waals surface area contributed by atoms with Crippen LogP contribution in [0.2, 0.25) is 0 Å². The fourth-order valence-corrected chi connectivity index (χ4v) is 1.94. The Labute approximate surface area is 123 Å². The van der Waals surface area contributed by atoms with E-state index in [1.807, 2.05) is 33.0 Å². The number of hydrogen-bond donors (Lipinski definition) is 1. The molecule has 1 aliphatic heterocycles. The van der Waals surface area contributed by atoms with Crippen LogP contribution < -0.4 is 19.5 Å². The molecule has 1 aromatic heterocycles. The highest BCUT2D eigenvalue weighted by Crippen LogP contribution is 2.36. The quantitative estimate of drug-likeness (QED) is 0.931. The lowest BCUT2D eigenvalue weighted by Crippen LogP contribution is -2.03. The Hall–Kier alpha value is -2.50. The molecule has 0 unspecified atom stereocenters. The average Bonchev–Trinajstić information content (AvgIpc) is 2.94. The predicted octanol–water partition coefficient (Wildman–Crippen LogP) is 3.16. The van der Waals surface area contributed by atoms with Crippen molar-refractivity contribution in [3.63, 3.8) is 0 Å². The van der Waals surface area contributed by atoms with Gasteiger partial charge in [0.25, 0.3) is 0 Å². The van der Waals surface area contributed by atoms with Gasteiger partial charge in [-0.3, -0.25) is 0 Å². The van der Waals surface area contributed by atoms with E-state index in [0.29, 0.717) is 17.4 Å². The molecule has 3 rings (SSSR count).